The first-order chi connectivity index (χ1) is 11.9. The summed E-state index contributed by atoms with van der Waals surface area (Å²) in [6, 6.07) is 11.7. The average molecular weight is 341 g/mol. The Balaban J connectivity index is 1.62. The van der Waals surface area contributed by atoms with Gasteiger partial charge in [0.1, 0.15) is 5.82 Å². The maximum Gasteiger partial charge on any atom is 0.335 e. The molecule has 1 saturated heterocycles. The molecule has 0 bridgehead atoms. The van der Waals surface area contributed by atoms with Gasteiger partial charge in [-0.2, -0.15) is 0 Å². The Morgan fingerprint density at radius 2 is 1.92 bits per heavy atom. The zero-order chi connectivity index (χ0) is 18.0. The van der Waals surface area contributed by atoms with E-state index in [0.29, 0.717) is 24.2 Å². The number of amides is 1. The molecule has 0 saturated carbocycles. The number of carbonyl (C=O) groups is 2. The molecule has 130 valence electrons. The summed E-state index contributed by atoms with van der Waals surface area (Å²) in [5.41, 5.74) is 2.56. The highest BCUT2D eigenvalue weighted by Crippen LogP contribution is 2.28. The molecule has 0 aromatic heterocycles. The number of carboxylic acids is 1. The second-order valence-electron chi connectivity index (χ2n) is 6.51. The standard InChI is InChI=1S/C20H20FNO3/c1-13-2-3-14(10-18(13)21)11-19(23)22-9-8-17(12-22)15-4-6-16(7-5-15)20(24)25/h2-7,10,17H,8-9,11-12H2,1H3,(H,24,25). The van der Waals surface area contributed by atoms with Gasteiger partial charge in [-0.3, -0.25) is 4.79 Å². The summed E-state index contributed by atoms with van der Waals surface area (Å²) in [4.78, 5) is 25.2. The molecule has 1 unspecified atom stereocenters. The fourth-order valence-electron chi connectivity index (χ4n) is 3.19. The first-order valence-electron chi connectivity index (χ1n) is 8.30. The largest absolute Gasteiger partial charge is 0.478 e. The Kier molecular flexibility index (Phi) is 4.83. The quantitative estimate of drug-likeness (QED) is 0.927. The molecule has 4 nitrogen and oxygen atoms in total. The van der Waals surface area contributed by atoms with Crippen LogP contribution in [0.25, 0.3) is 0 Å². The summed E-state index contributed by atoms with van der Waals surface area (Å²) in [7, 11) is 0. The van der Waals surface area contributed by atoms with Gasteiger partial charge in [-0.05, 0) is 48.2 Å². The molecule has 5 heteroatoms. The summed E-state index contributed by atoms with van der Waals surface area (Å²) in [5.74, 6) is -1.03. The second-order valence-corrected chi connectivity index (χ2v) is 6.51. The average Bonchev–Trinajstić information content (AvgIpc) is 3.08. The summed E-state index contributed by atoms with van der Waals surface area (Å²) >= 11 is 0. The smallest absolute Gasteiger partial charge is 0.335 e. The third-order valence-electron chi connectivity index (χ3n) is 4.76. The Labute approximate surface area is 145 Å². The predicted molar refractivity (Wildman–Crippen MR) is 92.2 cm³/mol. The van der Waals surface area contributed by atoms with E-state index in [-0.39, 0.29) is 29.6 Å². The van der Waals surface area contributed by atoms with Crippen molar-refractivity contribution in [2.45, 2.75) is 25.7 Å². The van der Waals surface area contributed by atoms with Gasteiger partial charge < -0.3 is 10.0 Å². The molecular weight excluding hydrogens is 321 g/mol. The van der Waals surface area contributed by atoms with Crippen molar-refractivity contribution in [3.05, 3.63) is 70.5 Å². The number of likely N-dealkylation sites (tertiary alicyclic amines) is 1. The van der Waals surface area contributed by atoms with Crippen LogP contribution in [0.1, 0.15) is 39.4 Å². The van der Waals surface area contributed by atoms with E-state index < -0.39 is 5.97 Å². The molecule has 1 amide bonds. The van der Waals surface area contributed by atoms with Crippen LogP contribution < -0.4 is 0 Å². The zero-order valence-electron chi connectivity index (χ0n) is 14.0. The molecule has 1 N–H and O–H groups in total. The Hall–Kier alpha value is -2.69. The molecule has 0 radical (unpaired) electrons. The van der Waals surface area contributed by atoms with Gasteiger partial charge >= 0.3 is 5.97 Å². The van der Waals surface area contributed by atoms with Gasteiger partial charge in [0.2, 0.25) is 5.91 Å². The molecule has 1 aliphatic heterocycles. The monoisotopic (exact) mass is 341 g/mol. The number of carboxylic acid groups (broad SMARTS) is 1. The van der Waals surface area contributed by atoms with Crippen LogP contribution in [-0.2, 0) is 11.2 Å². The normalized spacial score (nSPS) is 16.9. The Morgan fingerprint density at radius 3 is 2.56 bits per heavy atom. The second kappa shape index (κ2) is 7.05. The molecule has 1 atom stereocenters. The lowest BCUT2D eigenvalue weighted by Crippen LogP contribution is -2.29. The van der Waals surface area contributed by atoms with Crippen molar-refractivity contribution < 1.29 is 19.1 Å². The predicted octanol–water partition coefficient (Wildman–Crippen LogP) is 3.39. The van der Waals surface area contributed by atoms with Crippen LogP contribution in [0.15, 0.2) is 42.5 Å². The van der Waals surface area contributed by atoms with Crippen molar-refractivity contribution in [3.8, 4) is 0 Å². The molecule has 1 heterocycles. The van der Waals surface area contributed by atoms with Crippen LogP contribution in [0.3, 0.4) is 0 Å². The van der Waals surface area contributed by atoms with Crippen molar-refractivity contribution >= 4 is 11.9 Å². The van der Waals surface area contributed by atoms with E-state index >= 15 is 0 Å². The first kappa shape index (κ1) is 17.1. The van der Waals surface area contributed by atoms with Gasteiger partial charge in [0.05, 0.1) is 12.0 Å². The third-order valence-corrected chi connectivity index (χ3v) is 4.76. The number of hydrogen-bond donors (Lipinski definition) is 1. The number of carbonyl (C=O) groups excluding carboxylic acids is 1. The van der Waals surface area contributed by atoms with Gasteiger partial charge in [-0.15, -0.1) is 0 Å². The van der Waals surface area contributed by atoms with E-state index in [1.165, 1.54) is 6.07 Å². The maximum absolute atomic E-state index is 13.6. The fraction of sp³-hybridized carbons (Fsp3) is 0.300. The Bertz CT molecular complexity index is 801. The minimum absolute atomic E-state index is 0.00657. The number of aryl methyl sites for hydroxylation is 1. The van der Waals surface area contributed by atoms with Crippen LogP contribution in [-0.4, -0.2) is 35.0 Å². The van der Waals surface area contributed by atoms with Crippen molar-refractivity contribution in [3.63, 3.8) is 0 Å². The minimum Gasteiger partial charge on any atom is -0.478 e. The van der Waals surface area contributed by atoms with Crippen molar-refractivity contribution in [1.29, 1.82) is 0 Å². The van der Waals surface area contributed by atoms with Gasteiger partial charge in [-0.25, -0.2) is 9.18 Å². The topological polar surface area (TPSA) is 57.6 Å². The third kappa shape index (κ3) is 3.87. The van der Waals surface area contributed by atoms with Crippen LogP contribution >= 0.6 is 0 Å². The lowest BCUT2D eigenvalue weighted by Gasteiger charge is -2.17. The molecule has 3 rings (SSSR count). The fourth-order valence-corrected chi connectivity index (χ4v) is 3.19. The summed E-state index contributed by atoms with van der Waals surface area (Å²) in [6.07, 6.45) is 1.04. The van der Waals surface area contributed by atoms with E-state index in [0.717, 1.165) is 12.0 Å². The zero-order valence-corrected chi connectivity index (χ0v) is 14.0. The van der Waals surface area contributed by atoms with E-state index in [1.54, 1.807) is 36.1 Å². The number of rotatable bonds is 4. The molecule has 0 aliphatic carbocycles. The van der Waals surface area contributed by atoms with Gasteiger partial charge in [-0.1, -0.05) is 24.3 Å². The SMILES string of the molecule is Cc1ccc(CC(=O)N2CCC(c3ccc(C(=O)O)cc3)C2)cc1F. The number of halogens is 1. The van der Waals surface area contributed by atoms with Gasteiger partial charge in [0.15, 0.2) is 0 Å². The summed E-state index contributed by atoms with van der Waals surface area (Å²) < 4.78 is 13.6. The van der Waals surface area contributed by atoms with E-state index in [4.69, 9.17) is 5.11 Å². The molecule has 1 fully saturated rings. The molecule has 0 spiro atoms. The maximum atomic E-state index is 13.6. The van der Waals surface area contributed by atoms with Crippen LogP contribution in [0.2, 0.25) is 0 Å². The highest BCUT2D eigenvalue weighted by Gasteiger charge is 2.27. The van der Waals surface area contributed by atoms with Crippen LogP contribution in [0.5, 0.6) is 0 Å². The van der Waals surface area contributed by atoms with Crippen LogP contribution in [0, 0.1) is 12.7 Å². The molecule has 2 aromatic rings. The van der Waals surface area contributed by atoms with E-state index in [2.05, 4.69) is 0 Å². The number of aromatic carboxylic acids is 1. The number of benzene rings is 2. The molecule has 1 aliphatic rings. The minimum atomic E-state index is -0.944. The first-order valence-corrected chi connectivity index (χ1v) is 8.30. The van der Waals surface area contributed by atoms with Gasteiger partial charge in [0.25, 0.3) is 0 Å². The van der Waals surface area contributed by atoms with E-state index in [1.807, 2.05) is 12.1 Å². The van der Waals surface area contributed by atoms with Gasteiger partial charge in [0, 0.05) is 19.0 Å². The Morgan fingerprint density at radius 1 is 1.20 bits per heavy atom. The van der Waals surface area contributed by atoms with Crippen molar-refractivity contribution in [2.75, 3.05) is 13.1 Å². The van der Waals surface area contributed by atoms with Crippen LogP contribution in [0.4, 0.5) is 4.39 Å². The number of nitrogens with zero attached hydrogens (tertiary/aromatic N) is 1. The van der Waals surface area contributed by atoms with Crippen molar-refractivity contribution in [2.24, 2.45) is 0 Å². The molecular formula is C20H20FNO3. The van der Waals surface area contributed by atoms with E-state index in [9.17, 15) is 14.0 Å². The highest BCUT2D eigenvalue weighted by molar-refractivity contribution is 5.87. The lowest BCUT2D eigenvalue weighted by molar-refractivity contribution is -0.129. The molecule has 2 aromatic carbocycles. The summed E-state index contributed by atoms with van der Waals surface area (Å²) in [6.45, 7) is 2.97. The van der Waals surface area contributed by atoms with Crippen molar-refractivity contribution in [1.82, 2.24) is 4.90 Å². The molecule has 25 heavy (non-hydrogen) atoms. The summed E-state index contributed by atoms with van der Waals surface area (Å²) in [5, 5.41) is 8.95. The lowest BCUT2D eigenvalue weighted by atomic mass is 9.97. The number of hydrogen-bond acceptors (Lipinski definition) is 2. The highest BCUT2D eigenvalue weighted by atomic mass is 19.1.